The van der Waals surface area contributed by atoms with E-state index in [2.05, 4.69) is 25.0 Å². The third-order valence-corrected chi connectivity index (χ3v) is 13.1. The van der Waals surface area contributed by atoms with Crippen molar-refractivity contribution in [2.45, 2.75) is 104 Å². The first kappa shape index (κ1) is 33.5. The molecule has 0 aromatic heterocycles. The van der Waals surface area contributed by atoms with E-state index in [1.54, 1.807) is 0 Å². The van der Waals surface area contributed by atoms with Gasteiger partial charge >= 0.3 is 31.2 Å². The van der Waals surface area contributed by atoms with Gasteiger partial charge in [0.2, 0.25) is 0 Å². The smallest absolute Gasteiger partial charge is 0.264 e. The maximum atomic E-state index is 12.2. The van der Waals surface area contributed by atoms with Crippen molar-refractivity contribution >= 4 is 31.2 Å². The normalized spacial score (nSPS) is 42.2. The largest absolute Gasteiger partial charge is 0.397 e. The molecule has 4 rings (SSSR count). The summed E-state index contributed by atoms with van der Waals surface area (Å²) in [6.07, 6.45) is 5.33. The molecule has 0 spiro atoms. The van der Waals surface area contributed by atoms with Gasteiger partial charge in [-0.05, 0) is 110 Å². The van der Waals surface area contributed by atoms with Crippen LogP contribution in [0.2, 0.25) is 0 Å². The average Bonchev–Trinajstić information content (AvgIpc) is 3.17. The summed E-state index contributed by atoms with van der Waals surface area (Å²) in [5.74, 6) is 0.291. The van der Waals surface area contributed by atoms with Crippen molar-refractivity contribution < 1.29 is 51.5 Å². The molecule has 0 bridgehead atoms. The lowest BCUT2D eigenvalue weighted by atomic mass is 9.41. The molecule has 0 amide bonds. The molecule has 3 N–H and O–H groups in total. The highest BCUT2D eigenvalue weighted by atomic mass is 32.3. The summed E-state index contributed by atoms with van der Waals surface area (Å²) in [5.41, 5.74) is -0.334. The SMILES string of the molecule is CC[C@H]1[C@@H](OS(=O)(=O)O)[C@@H]2[C@H](CC[C@]3(C)[C@@H]([C@H](C)CCCOS(=O)(=O)O)CC[C@@H]23)[C@@]2(C)CC[C@@H](OS(=O)(=O)O)C[C@@H]12. The lowest BCUT2D eigenvalue weighted by molar-refractivity contribution is -0.195. The zero-order valence-corrected chi connectivity index (χ0v) is 26.7. The Hall–Kier alpha value is -0.390. The Labute approximate surface area is 245 Å². The zero-order chi connectivity index (χ0) is 30.6. The van der Waals surface area contributed by atoms with Crippen molar-refractivity contribution in [1.29, 1.82) is 0 Å². The predicted molar refractivity (Wildman–Crippen MR) is 149 cm³/mol. The minimum absolute atomic E-state index is 0.0920. The van der Waals surface area contributed by atoms with Crippen molar-refractivity contribution in [2.24, 2.45) is 52.3 Å². The topological polar surface area (TPSA) is 191 Å². The maximum absolute atomic E-state index is 12.2. The predicted octanol–water partition coefficient (Wildman–Crippen LogP) is 4.50. The number of hydrogen-bond acceptors (Lipinski definition) is 9. The van der Waals surface area contributed by atoms with E-state index in [9.17, 15) is 34.4 Å². The van der Waals surface area contributed by atoms with Crippen LogP contribution in [0.15, 0.2) is 0 Å². The van der Waals surface area contributed by atoms with Crippen molar-refractivity contribution in [1.82, 2.24) is 0 Å². The molecule has 4 aliphatic rings. The third kappa shape index (κ3) is 7.14. The van der Waals surface area contributed by atoms with Gasteiger partial charge in [-0.2, -0.15) is 25.3 Å². The molecule has 4 aliphatic carbocycles. The highest BCUT2D eigenvalue weighted by Crippen LogP contribution is 2.70. The molecule has 4 fully saturated rings. The van der Waals surface area contributed by atoms with Crippen LogP contribution in [0.25, 0.3) is 0 Å². The van der Waals surface area contributed by atoms with E-state index in [-0.39, 0.29) is 52.9 Å². The number of rotatable bonds is 11. The lowest BCUT2D eigenvalue weighted by Gasteiger charge is -2.65. The molecule has 0 aromatic carbocycles. The number of fused-ring (bicyclic) bond motifs is 5. The fraction of sp³-hybridized carbons (Fsp3) is 1.00. The van der Waals surface area contributed by atoms with Crippen molar-refractivity contribution in [3.8, 4) is 0 Å². The molecule has 11 atom stereocenters. The quantitative estimate of drug-likeness (QED) is 0.211. The van der Waals surface area contributed by atoms with Gasteiger partial charge in [0.1, 0.15) is 0 Å². The minimum atomic E-state index is -4.77. The van der Waals surface area contributed by atoms with Gasteiger partial charge in [-0.25, -0.2) is 12.5 Å². The van der Waals surface area contributed by atoms with Gasteiger partial charge in [0.05, 0.1) is 18.8 Å². The summed E-state index contributed by atoms with van der Waals surface area (Å²) in [6.45, 7) is 8.50. The molecule has 0 unspecified atom stereocenters. The molecule has 0 aliphatic heterocycles. The number of hydrogen-bond donors (Lipinski definition) is 3. The lowest BCUT2D eigenvalue weighted by Crippen LogP contribution is -2.63. The molecular weight excluding hydrogens is 600 g/mol. The summed E-state index contributed by atoms with van der Waals surface area (Å²) in [6, 6.07) is 0. The van der Waals surface area contributed by atoms with Crippen LogP contribution in [0.3, 0.4) is 0 Å². The second kappa shape index (κ2) is 11.8. The second-order valence-corrected chi connectivity index (χ2v) is 16.7. The zero-order valence-electron chi connectivity index (χ0n) is 24.2. The molecule has 0 aromatic rings. The highest BCUT2D eigenvalue weighted by Gasteiger charge is 2.66. The van der Waals surface area contributed by atoms with Gasteiger partial charge in [-0.15, -0.1) is 0 Å². The molecule has 0 heterocycles. The molecule has 0 saturated heterocycles. The van der Waals surface area contributed by atoms with Crippen LogP contribution in [-0.2, 0) is 43.7 Å². The average molecular weight is 647 g/mol. The van der Waals surface area contributed by atoms with E-state index >= 15 is 0 Å². The first-order chi connectivity index (χ1) is 18.8. The van der Waals surface area contributed by atoms with Crippen LogP contribution in [0, 0.1) is 52.3 Å². The van der Waals surface area contributed by atoms with E-state index in [0.29, 0.717) is 44.4 Å². The molecule has 41 heavy (non-hydrogen) atoms. The van der Waals surface area contributed by atoms with Gasteiger partial charge in [-0.3, -0.25) is 13.7 Å². The van der Waals surface area contributed by atoms with Crippen LogP contribution < -0.4 is 0 Å². The van der Waals surface area contributed by atoms with Gasteiger partial charge in [0, 0.05) is 0 Å². The van der Waals surface area contributed by atoms with Crippen LogP contribution in [0.4, 0.5) is 0 Å². The Morgan fingerprint density at radius 2 is 1.41 bits per heavy atom. The monoisotopic (exact) mass is 646 g/mol. The molecular formula is C26H46O12S3. The van der Waals surface area contributed by atoms with E-state index in [4.69, 9.17) is 12.9 Å². The maximum Gasteiger partial charge on any atom is 0.397 e. The van der Waals surface area contributed by atoms with E-state index in [1.165, 1.54) is 0 Å². The Morgan fingerprint density at radius 3 is 2.00 bits per heavy atom. The highest BCUT2D eigenvalue weighted by molar-refractivity contribution is 7.81. The Kier molecular flexibility index (Phi) is 9.68. The first-order valence-electron chi connectivity index (χ1n) is 14.7. The summed E-state index contributed by atoms with van der Waals surface area (Å²) in [5, 5.41) is 0. The van der Waals surface area contributed by atoms with E-state index in [0.717, 1.165) is 25.7 Å². The Bertz CT molecular complexity index is 1270. The summed E-state index contributed by atoms with van der Waals surface area (Å²) < 4.78 is 112. The summed E-state index contributed by atoms with van der Waals surface area (Å²) >= 11 is 0. The van der Waals surface area contributed by atoms with Crippen molar-refractivity contribution in [3.05, 3.63) is 0 Å². The molecule has 12 nitrogen and oxygen atoms in total. The van der Waals surface area contributed by atoms with Gasteiger partial charge < -0.3 is 0 Å². The summed E-state index contributed by atoms with van der Waals surface area (Å²) in [7, 11) is -13.9. The molecule has 240 valence electrons. The molecule has 0 radical (unpaired) electrons. The third-order valence-electron chi connectivity index (χ3n) is 11.6. The second-order valence-electron chi connectivity index (χ2n) is 13.5. The standard InChI is InChI=1S/C26H46O12S3/c1-5-18-22-15-17(37-40(30,31)32)10-12-26(22,4)21-11-13-25(3)19(16(2)7-6-14-36-39(27,28)29)8-9-20(25)23(21)24(18)38-41(33,34)35/h16-24H,5-15H2,1-4H3,(H,27,28,29)(H,30,31,32)(H,33,34,35)/t16-,17-,18-,19-,20+,21+,22+,23+,24-,25-,26-/m1/s1. The first-order valence-corrected chi connectivity index (χ1v) is 18.8. The van der Waals surface area contributed by atoms with Crippen LogP contribution in [-0.4, -0.2) is 57.7 Å². The Balaban J connectivity index is 1.63. The minimum Gasteiger partial charge on any atom is -0.264 e. The Morgan fingerprint density at radius 1 is 0.805 bits per heavy atom. The van der Waals surface area contributed by atoms with Crippen molar-refractivity contribution in [3.63, 3.8) is 0 Å². The van der Waals surface area contributed by atoms with Gasteiger partial charge in [0.25, 0.3) is 0 Å². The molecule has 15 heteroatoms. The van der Waals surface area contributed by atoms with E-state index in [1.807, 2.05) is 6.92 Å². The van der Waals surface area contributed by atoms with Gasteiger partial charge in [0.15, 0.2) is 0 Å². The fourth-order valence-corrected chi connectivity index (χ4v) is 11.6. The van der Waals surface area contributed by atoms with Gasteiger partial charge in [-0.1, -0.05) is 34.1 Å². The molecule has 4 saturated carbocycles. The van der Waals surface area contributed by atoms with Crippen LogP contribution in [0.1, 0.15) is 91.9 Å². The van der Waals surface area contributed by atoms with Crippen LogP contribution >= 0.6 is 0 Å². The summed E-state index contributed by atoms with van der Waals surface area (Å²) in [4.78, 5) is 0. The van der Waals surface area contributed by atoms with E-state index < -0.39 is 43.4 Å². The fourth-order valence-electron chi connectivity index (χ4n) is 10.2. The van der Waals surface area contributed by atoms with Crippen molar-refractivity contribution in [2.75, 3.05) is 6.61 Å². The van der Waals surface area contributed by atoms with Crippen LogP contribution in [0.5, 0.6) is 0 Å².